The molecule has 3 unspecified atom stereocenters. The van der Waals surface area contributed by atoms with Crippen molar-refractivity contribution < 1.29 is 10.2 Å². The third-order valence-electron chi connectivity index (χ3n) is 4.98. The molecule has 1 fully saturated rings. The average Bonchev–Trinajstić information content (AvgIpc) is 2.85. The lowest BCUT2D eigenvalue weighted by Crippen LogP contribution is -2.39. The number of benzene rings is 1. The molecular formula is C18H19Cl2NO2S. The number of hydrogen-bond donors (Lipinski definition) is 2. The van der Waals surface area contributed by atoms with Crippen LogP contribution in [0.1, 0.15) is 24.8 Å². The third-order valence-corrected chi connectivity index (χ3v) is 6.65. The van der Waals surface area contributed by atoms with Crippen molar-refractivity contribution in [2.75, 3.05) is 6.54 Å². The number of nitrogens with zero attached hydrogens (tertiary/aromatic N) is 1. The van der Waals surface area contributed by atoms with Gasteiger partial charge in [0.2, 0.25) is 0 Å². The van der Waals surface area contributed by atoms with E-state index in [0.29, 0.717) is 11.8 Å². The second-order valence-electron chi connectivity index (χ2n) is 6.38. The smallest absolute Gasteiger partial charge is 0.157 e. The molecular weight excluding hydrogens is 365 g/mol. The van der Waals surface area contributed by atoms with Crippen LogP contribution in [-0.4, -0.2) is 26.4 Å². The maximum Gasteiger partial charge on any atom is 0.157 e. The maximum atomic E-state index is 9.92. The van der Waals surface area contributed by atoms with Crippen LogP contribution in [0.3, 0.4) is 0 Å². The number of rotatable bonds is 1. The summed E-state index contributed by atoms with van der Waals surface area (Å²) in [6.45, 7) is 2.96. The van der Waals surface area contributed by atoms with E-state index >= 15 is 0 Å². The minimum absolute atomic E-state index is 0. The zero-order valence-corrected chi connectivity index (χ0v) is 15.5. The van der Waals surface area contributed by atoms with Gasteiger partial charge in [0, 0.05) is 28.6 Å². The Morgan fingerprint density at radius 3 is 2.83 bits per heavy atom. The fourth-order valence-electron chi connectivity index (χ4n) is 4.08. The molecule has 2 aliphatic heterocycles. The van der Waals surface area contributed by atoms with Crippen LogP contribution < -0.4 is 0 Å². The van der Waals surface area contributed by atoms with Gasteiger partial charge in [-0.1, -0.05) is 31.2 Å². The zero-order valence-electron chi connectivity index (χ0n) is 13.1. The SMILES string of the molecule is CC1CC23C(=CCN(Cl)C2=CC=CC3c2ccc(O)c(O)c2)S1.Cl. The summed E-state index contributed by atoms with van der Waals surface area (Å²) in [6.07, 6.45) is 9.56. The van der Waals surface area contributed by atoms with Gasteiger partial charge < -0.3 is 10.2 Å². The molecule has 0 aromatic heterocycles. The van der Waals surface area contributed by atoms with E-state index in [1.807, 2.05) is 23.9 Å². The second-order valence-corrected chi connectivity index (χ2v) is 8.27. The zero-order chi connectivity index (χ0) is 16.2. The molecule has 1 saturated heterocycles. The fraction of sp³-hybridized carbons (Fsp3) is 0.333. The Bertz CT molecular complexity index is 761. The van der Waals surface area contributed by atoms with E-state index in [2.05, 4.69) is 25.2 Å². The summed E-state index contributed by atoms with van der Waals surface area (Å²) in [5.74, 6) is -0.0697. The van der Waals surface area contributed by atoms with Crippen molar-refractivity contribution in [1.29, 1.82) is 0 Å². The van der Waals surface area contributed by atoms with E-state index in [9.17, 15) is 10.2 Å². The monoisotopic (exact) mass is 383 g/mol. The van der Waals surface area contributed by atoms with Crippen LogP contribution in [-0.2, 0) is 0 Å². The van der Waals surface area contributed by atoms with Gasteiger partial charge in [-0.25, -0.2) is 0 Å². The molecule has 1 spiro atoms. The summed E-state index contributed by atoms with van der Waals surface area (Å²) >= 11 is 8.42. The molecule has 0 bridgehead atoms. The second kappa shape index (κ2) is 6.25. The quantitative estimate of drug-likeness (QED) is 0.533. The minimum Gasteiger partial charge on any atom is -0.504 e. The summed E-state index contributed by atoms with van der Waals surface area (Å²) < 4.78 is 1.80. The molecule has 3 aliphatic rings. The highest BCUT2D eigenvalue weighted by Crippen LogP contribution is 2.65. The lowest BCUT2D eigenvalue weighted by atomic mass is 9.64. The number of halogens is 2. The summed E-state index contributed by atoms with van der Waals surface area (Å²) in [5.41, 5.74) is 1.96. The molecule has 24 heavy (non-hydrogen) atoms. The molecule has 1 aromatic carbocycles. The molecule has 2 heterocycles. The lowest BCUT2D eigenvalue weighted by Gasteiger charge is -2.46. The molecule has 128 valence electrons. The van der Waals surface area contributed by atoms with Crippen LogP contribution in [0.15, 0.2) is 53.1 Å². The van der Waals surface area contributed by atoms with Crippen LogP contribution in [0.2, 0.25) is 0 Å². The predicted molar refractivity (Wildman–Crippen MR) is 102 cm³/mol. The summed E-state index contributed by atoms with van der Waals surface area (Å²) in [5, 5.41) is 20.1. The standard InChI is InChI=1S/C18H18ClNO2S.ClH/c1-11-10-18-13(12-5-6-14(21)15(22)9-12)3-2-4-16(18)20(19)8-7-17(18)23-11;/h2-7,9,11,13,21-22H,8,10H2,1H3;1H. The highest BCUT2D eigenvalue weighted by molar-refractivity contribution is 8.04. The van der Waals surface area contributed by atoms with E-state index in [0.717, 1.165) is 17.7 Å². The molecule has 3 atom stereocenters. The first-order valence-electron chi connectivity index (χ1n) is 7.74. The van der Waals surface area contributed by atoms with Crippen molar-refractivity contribution in [3.8, 4) is 11.5 Å². The first-order chi connectivity index (χ1) is 11.0. The minimum atomic E-state index is -0.164. The maximum absolute atomic E-state index is 9.92. The van der Waals surface area contributed by atoms with Crippen molar-refractivity contribution in [2.24, 2.45) is 5.41 Å². The van der Waals surface area contributed by atoms with Crippen molar-refractivity contribution in [3.63, 3.8) is 0 Å². The molecule has 6 heteroatoms. The number of thioether (sulfide) groups is 1. The van der Waals surface area contributed by atoms with Gasteiger partial charge in [-0.05, 0) is 35.1 Å². The van der Waals surface area contributed by atoms with Gasteiger partial charge in [0.25, 0.3) is 0 Å². The van der Waals surface area contributed by atoms with E-state index in [-0.39, 0.29) is 35.2 Å². The van der Waals surface area contributed by atoms with E-state index in [4.69, 9.17) is 11.8 Å². The van der Waals surface area contributed by atoms with Crippen LogP contribution in [0.25, 0.3) is 0 Å². The van der Waals surface area contributed by atoms with Gasteiger partial charge in [0.15, 0.2) is 11.5 Å². The number of phenolic OH excluding ortho intramolecular Hbond substituents is 2. The average molecular weight is 384 g/mol. The van der Waals surface area contributed by atoms with Crippen molar-refractivity contribution in [2.45, 2.75) is 24.5 Å². The van der Waals surface area contributed by atoms with Gasteiger partial charge in [-0.3, -0.25) is 4.42 Å². The largest absolute Gasteiger partial charge is 0.504 e. The summed E-state index contributed by atoms with van der Waals surface area (Å²) in [7, 11) is 0. The normalized spacial score (nSPS) is 30.8. The van der Waals surface area contributed by atoms with E-state index in [1.165, 1.54) is 4.91 Å². The molecule has 0 radical (unpaired) electrons. The van der Waals surface area contributed by atoms with Crippen molar-refractivity contribution >= 4 is 35.9 Å². The number of hydrogen-bond acceptors (Lipinski definition) is 4. The van der Waals surface area contributed by atoms with Crippen LogP contribution in [0, 0.1) is 5.41 Å². The summed E-state index contributed by atoms with van der Waals surface area (Å²) in [4.78, 5) is 1.37. The topological polar surface area (TPSA) is 43.7 Å². The van der Waals surface area contributed by atoms with Crippen molar-refractivity contribution in [3.05, 3.63) is 58.7 Å². The molecule has 1 aliphatic carbocycles. The highest BCUT2D eigenvalue weighted by Gasteiger charge is 2.54. The van der Waals surface area contributed by atoms with Gasteiger partial charge in [0.05, 0.1) is 12.0 Å². The lowest BCUT2D eigenvalue weighted by molar-refractivity contribution is 0.303. The summed E-state index contributed by atoms with van der Waals surface area (Å²) in [6, 6.07) is 5.12. The van der Waals surface area contributed by atoms with Gasteiger partial charge in [-0.2, -0.15) is 0 Å². The van der Waals surface area contributed by atoms with Crippen LogP contribution >= 0.6 is 35.9 Å². The van der Waals surface area contributed by atoms with E-state index < -0.39 is 0 Å². The molecule has 0 amide bonds. The van der Waals surface area contributed by atoms with Gasteiger partial charge >= 0.3 is 0 Å². The first-order valence-corrected chi connectivity index (χ1v) is 8.95. The molecule has 1 aromatic rings. The number of aromatic hydroxyl groups is 2. The first kappa shape index (κ1) is 17.6. The van der Waals surface area contributed by atoms with Crippen LogP contribution in [0.5, 0.6) is 11.5 Å². The Hall–Kier alpha value is -1.23. The fourth-order valence-corrected chi connectivity index (χ4v) is 5.83. The molecule has 4 rings (SSSR count). The van der Waals surface area contributed by atoms with E-state index in [1.54, 1.807) is 16.6 Å². The van der Waals surface area contributed by atoms with Crippen LogP contribution in [0.4, 0.5) is 0 Å². The predicted octanol–water partition coefficient (Wildman–Crippen LogP) is 4.92. The molecule has 3 nitrogen and oxygen atoms in total. The van der Waals surface area contributed by atoms with Gasteiger partial charge in [-0.15, -0.1) is 24.2 Å². The Morgan fingerprint density at radius 1 is 1.29 bits per heavy atom. The molecule has 2 N–H and O–H groups in total. The third kappa shape index (κ3) is 2.43. The Kier molecular flexibility index (Phi) is 4.58. The van der Waals surface area contributed by atoms with Gasteiger partial charge in [0.1, 0.15) is 0 Å². The molecule has 0 saturated carbocycles. The Morgan fingerprint density at radius 2 is 2.08 bits per heavy atom. The number of allylic oxidation sites excluding steroid dienone is 4. The highest BCUT2D eigenvalue weighted by atomic mass is 35.5. The number of phenols is 2. The van der Waals surface area contributed by atoms with Crippen molar-refractivity contribution in [1.82, 2.24) is 4.42 Å². The Balaban J connectivity index is 0.00000169. The Labute approximate surface area is 157 Å².